The minimum Gasteiger partial charge on any atom is -0.278 e. The van der Waals surface area contributed by atoms with Crippen LogP contribution in [0.25, 0.3) is 4.96 Å². The number of nitrogens with one attached hydrogen (secondary N) is 1. The van der Waals surface area contributed by atoms with Gasteiger partial charge >= 0.3 is 0 Å². The first-order valence-electron chi connectivity index (χ1n) is 5.48. The number of hydrogen-bond donors (Lipinski definition) is 1. The molecule has 10 heteroatoms. The van der Waals surface area contributed by atoms with Gasteiger partial charge in [0.25, 0.3) is 10.0 Å². The molecule has 0 saturated carbocycles. The van der Waals surface area contributed by atoms with Gasteiger partial charge in [-0.1, -0.05) is 40.9 Å². The summed E-state index contributed by atoms with van der Waals surface area (Å²) in [6.45, 7) is 0. The van der Waals surface area contributed by atoms with E-state index in [2.05, 4.69) is 9.71 Å². The molecule has 0 unspecified atom stereocenters. The third kappa shape index (κ3) is 2.60. The minimum atomic E-state index is -3.99. The normalized spacial score (nSPS) is 12.0. The van der Waals surface area contributed by atoms with E-state index in [4.69, 9.17) is 34.8 Å². The predicted octanol–water partition coefficient (Wildman–Crippen LogP) is 4.16. The second-order valence-corrected chi connectivity index (χ2v) is 7.61. The van der Waals surface area contributed by atoms with Crippen molar-refractivity contribution in [2.75, 3.05) is 4.72 Å². The lowest BCUT2D eigenvalue weighted by Gasteiger charge is -2.10. The summed E-state index contributed by atoms with van der Waals surface area (Å²) >= 11 is 19.1. The van der Waals surface area contributed by atoms with Gasteiger partial charge in [0.1, 0.15) is 0 Å². The lowest BCUT2D eigenvalue weighted by atomic mass is 10.3. The van der Waals surface area contributed by atoms with E-state index < -0.39 is 10.0 Å². The highest BCUT2D eigenvalue weighted by molar-refractivity contribution is 7.92. The lowest BCUT2D eigenvalue weighted by molar-refractivity contribution is 0.596. The number of benzene rings is 1. The van der Waals surface area contributed by atoms with E-state index in [0.29, 0.717) is 4.96 Å². The van der Waals surface area contributed by atoms with Crippen LogP contribution in [0.15, 0.2) is 34.8 Å². The van der Waals surface area contributed by atoms with Crippen molar-refractivity contribution >= 4 is 66.8 Å². The number of para-hydroxylation sites is 1. The molecule has 3 rings (SSSR count). The van der Waals surface area contributed by atoms with E-state index in [0.717, 1.165) is 0 Å². The summed E-state index contributed by atoms with van der Waals surface area (Å²) in [5, 5.41) is 1.82. The fourth-order valence-corrected chi connectivity index (χ4v) is 4.92. The van der Waals surface area contributed by atoms with Crippen molar-refractivity contribution in [3.63, 3.8) is 0 Å². The molecule has 2 aromatic heterocycles. The Morgan fingerprint density at radius 1 is 1.19 bits per heavy atom. The Labute approximate surface area is 139 Å². The number of hydrogen-bond acceptors (Lipinski definition) is 4. The molecule has 0 aliphatic carbocycles. The van der Waals surface area contributed by atoms with Crippen molar-refractivity contribution < 1.29 is 8.42 Å². The van der Waals surface area contributed by atoms with Crippen molar-refractivity contribution in [2.45, 2.75) is 5.03 Å². The van der Waals surface area contributed by atoms with E-state index in [1.807, 2.05) is 0 Å². The number of anilines is 1. The molecule has 0 aliphatic rings. The molecular weight excluding hydrogens is 377 g/mol. The van der Waals surface area contributed by atoms with E-state index in [-0.39, 0.29) is 25.9 Å². The molecule has 5 nitrogen and oxygen atoms in total. The molecule has 2 heterocycles. The molecule has 0 aliphatic heterocycles. The number of thiazole rings is 1. The van der Waals surface area contributed by atoms with Crippen LogP contribution in [0, 0.1) is 0 Å². The van der Waals surface area contributed by atoms with Crippen molar-refractivity contribution in [2.24, 2.45) is 0 Å². The molecular formula is C11H6Cl3N3O2S2. The molecule has 1 N–H and O–H groups in total. The molecule has 21 heavy (non-hydrogen) atoms. The van der Waals surface area contributed by atoms with Gasteiger partial charge in [0, 0.05) is 11.6 Å². The molecule has 0 amide bonds. The monoisotopic (exact) mass is 381 g/mol. The molecule has 0 saturated heterocycles. The second kappa shape index (κ2) is 5.33. The molecule has 1 aromatic carbocycles. The average molecular weight is 383 g/mol. The number of halogens is 3. The summed E-state index contributed by atoms with van der Waals surface area (Å²) in [6, 6.07) is 4.68. The Kier molecular flexibility index (Phi) is 3.79. The van der Waals surface area contributed by atoms with Crippen molar-refractivity contribution in [3.8, 4) is 0 Å². The number of imidazole rings is 1. The highest BCUT2D eigenvalue weighted by Gasteiger charge is 2.26. The summed E-state index contributed by atoms with van der Waals surface area (Å²) in [4.78, 5) is 4.47. The molecule has 0 bridgehead atoms. The second-order valence-electron chi connectivity index (χ2n) is 3.97. The largest absolute Gasteiger partial charge is 0.281 e. The van der Waals surface area contributed by atoms with Gasteiger partial charge in [-0.2, -0.15) is 8.42 Å². The summed E-state index contributed by atoms with van der Waals surface area (Å²) < 4.78 is 28.8. The van der Waals surface area contributed by atoms with Gasteiger partial charge in [0.15, 0.2) is 15.1 Å². The van der Waals surface area contributed by atoms with Gasteiger partial charge in [-0.3, -0.25) is 9.12 Å². The Morgan fingerprint density at radius 3 is 2.52 bits per heavy atom. The SMILES string of the molecule is O=S(=O)(Nc1c(Cl)cccc1Cl)c1c(Cl)nc2sccn12. The van der Waals surface area contributed by atoms with Crippen LogP contribution < -0.4 is 4.72 Å². The summed E-state index contributed by atoms with van der Waals surface area (Å²) in [5.74, 6) is 0. The topological polar surface area (TPSA) is 63.5 Å². The Balaban J connectivity index is 2.13. The van der Waals surface area contributed by atoms with E-state index >= 15 is 0 Å². The highest BCUT2D eigenvalue weighted by atomic mass is 35.5. The van der Waals surface area contributed by atoms with Crippen LogP contribution in [0.4, 0.5) is 5.69 Å². The van der Waals surface area contributed by atoms with E-state index in [1.165, 1.54) is 27.9 Å². The first-order chi connectivity index (χ1) is 9.90. The maximum absolute atomic E-state index is 12.5. The number of fused-ring (bicyclic) bond motifs is 1. The van der Waals surface area contributed by atoms with Crippen LogP contribution in [0.3, 0.4) is 0 Å². The van der Waals surface area contributed by atoms with Crippen molar-refractivity contribution in [1.29, 1.82) is 0 Å². The van der Waals surface area contributed by atoms with Crippen molar-refractivity contribution in [1.82, 2.24) is 9.38 Å². The van der Waals surface area contributed by atoms with E-state index in [9.17, 15) is 8.42 Å². The zero-order chi connectivity index (χ0) is 15.2. The summed E-state index contributed by atoms with van der Waals surface area (Å²) in [5.41, 5.74) is 0.0991. The van der Waals surface area contributed by atoms with Crippen LogP contribution in [0.1, 0.15) is 0 Å². The zero-order valence-electron chi connectivity index (χ0n) is 10.0. The van der Waals surface area contributed by atoms with Crippen LogP contribution in [0.2, 0.25) is 15.2 Å². The molecule has 0 atom stereocenters. The average Bonchev–Trinajstić information content (AvgIpc) is 2.93. The smallest absolute Gasteiger partial charge is 0.278 e. The Morgan fingerprint density at radius 2 is 1.86 bits per heavy atom. The summed E-state index contributed by atoms with van der Waals surface area (Å²) in [7, 11) is -3.99. The first kappa shape index (κ1) is 14.9. The van der Waals surface area contributed by atoms with Crippen molar-refractivity contribution in [3.05, 3.63) is 45.0 Å². The van der Waals surface area contributed by atoms with Gasteiger partial charge in [-0.15, -0.1) is 11.3 Å². The Bertz CT molecular complexity index is 913. The van der Waals surface area contributed by atoms with Gasteiger partial charge in [0.2, 0.25) is 0 Å². The van der Waals surface area contributed by atoms with Gasteiger partial charge in [-0.05, 0) is 12.1 Å². The van der Waals surface area contributed by atoms with E-state index in [1.54, 1.807) is 17.6 Å². The maximum atomic E-state index is 12.5. The van der Waals surface area contributed by atoms with Gasteiger partial charge in [-0.25, -0.2) is 4.98 Å². The third-order valence-corrected chi connectivity index (χ3v) is 5.77. The quantitative estimate of drug-likeness (QED) is 0.740. The number of aromatic nitrogens is 2. The number of sulfonamides is 1. The molecule has 0 fully saturated rings. The standard InChI is InChI=1S/C11H6Cl3N3O2S2/c12-6-2-1-3-7(13)8(6)16-21(18,19)10-9(14)15-11-17(10)4-5-20-11/h1-5,16H. The zero-order valence-corrected chi connectivity index (χ0v) is 13.9. The summed E-state index contributed by atoms with van der Waals surface area (Å²) in [6.07, 6.45) is 1.57. The fourth-order valence-electron chi connectivity index (χ4n) is 1.76. The fraction of sp³-hybridized carbons (Fsp3) is 0. The first-order valence-corrected chi connectivity index (χ1v) is 8.98. The molecule has 0 spiro atoms. The minimum absolute atomic E-state index is 0.0991. The molecule has 0 radical (unpaired) electrons. The van der Waals surface area contributed by atoms with Gasteiger partial charge < -0.3 is 0 Å². The Hall–Kier alpha value is -0.990. The third-order valence-electron chi connectivity index (χ3n) is 2.63. The number of rotatable bonds is 3. The van der Waals surface area contributed by atoms with Crippen LogP contribution >= 0.6 is 46.1 Å². The van der Waals surface area contributed by atoms with Crippen LogP contribution in [0.5, 0.6) is 0 Å². The molecule has 110 valence electrons. The predicted molar refractivity (Wildman–Crippen MR) is 85.3 cm³/mol. The number of nitrogens with zero attached hydrogens (tertiary/aromatic N) is 2. The lowest BCUT2D eigenvalue weighted by Crippen LogP contribution is -2.15. The maximum Gasteiger partial charge on any atom is 0.281 e. The highest BCUT2D eigenvalue weighted by Crippen LogP contribution is 2.33. The van der Waals surface area contributed by atoms with Crippen LogP contribution in [-0.2, 0) is 10.0 Å². The van der Waals surface area contributed by atoms with Crippen LogP contribution in [-0.4, -0.2) is 17.8 Å². The van der Waals surface area contributed by atoms with Gasteiger partial charge in [0.05, 0.1) is 15.7 Å². The molecule has 3 aromatic rings.